The molecule has 2 aromatic heterocycles. The Kier molecular flexibility index (Phi) is 3.61. The predicted octanol–water partition coefficient (Wildman–Crippen LogP) is 2.31. The summed E-state index contributed by atoms with van der Waals surface area (Å²) in [5.41, 5.74) is 7.05. The Morgan fingerprint density at radius 3 is 2.88 bits per heavy atom. The van der Waals surface area contributed by atoms with E-state index in [9.17, 15) is 4.79 Å². The number of thiophene rings is 1. The highest BCUT2D eigenvalue weighted by Gasteiger charge is 2.09. The lowest BCUT2D eigenvalue weighted by Crippen LogP contribution is -2.23. The maximum Gasteiger partial charge on any atom is 0.254 e. The highest BCUT2D eigenvalue weighted by molar-refractivity contribution is 7.14. The molecule has 0 aliphatic carbocycles. The van der Waals surface area contributed by atoms with Gasteiger partial charge in [0, 0.05) is 12.7 Å². The van der Waals surface area contributed by atoms with Gasteiger partial charge in [-0.05, 0) is 23.1 Å². The SMILES string of the molecule is Nc1sccc1C(=O)NCc1ccc(Cl)nc1. The van der Waals surface area contributed by atoms with Crippen molar-refractivity contribution in [3.05, 3.63) is 46.1 Å². The molecular formula is C11H10ClN3OS. The molecule has 0 aliphatic rings. The number of nitrogen functional groups attached to an aromatic ring is 1. The molecule has 0 spiro atoms. The van der Waals surface area contributed by atoms with Gasteiger partial charge in [-0.15, -0.1) is 11.3 Å². The van der Waals surface area contributed by atoms with Crippen molar-refractivity contribution in [1.29, 1.82) is 0 Å². The summed E-state index contributed by atoms with van der Waals surface area (Å²) in [4.78, 5) is 15.7. The van der Waals surface area contributed by atoms with Crippen LogP contribution in [0.2, 0.25) is 5.15 Å². The van der Waals surface area contributed by atoms with Gasteiger partial charge in [0.15, 0.2) is 0 Å². The van der Waals surface area contributed by atoms with Crippen LogP contribution < -0.4 is 11.1 Å². The van der Waals surface area contributed by atoms with Crippen LogP contribution in [0.25, 0.3) is 0 Å². The Morgan fingerprint density at radius 2 is 2.29 bits per heavy atom. The highest BCUT2D eigenvalue weighted by atomic mass is 35.5. The van der Waals surface area contributed by atoms with Crippen LogP contribution in [0.4, 0.5) is 5.00 Å². The molecule has 88 valence electrons. The summed E-state index contributed by atoms with van der Waals surface area (Å²) in [6, 6.07) is 5.20. The molecule has 2 rings (SSSR count). The summed E-state index contributed by atoms with van der Waals surface area (Å²) in [6.45, 7) is 0.401. The zero-order chi connectivity index (χ0) is 12.3. The number of pyridine rings is 1. The lowest BCUT2D eigenvalue weighted by atomic mass is 10.2. The maximum atomic E-state index is 11.7. The second kappa shape index (κ2) is 5.16. The van der Waals surface area contributed by atoms with E-state index in [-0.39, 0.29) is 5.91 Å². The molecule has 1 amide bonds. The van der Waals surface area contributed by atoms with E-state index in [1.165, 1.54) is 11.3 Å². The van der Waals surface area contributed by atoms with Crippen molar-refractivity contribution < 1.29 is 4.79 Å². The summed E-state index contributed by atoms with van der Waals surface area (Å²) in [7, 11) is 0. The minimum atomic E-state index is -0.182. The Balaban J connectivity index is 1.97. The van der Waals surface area contributed by atoms with Crippen LogP contribution in [0.1, 0.15) is 15.9 Å². The Labute approximate surface area is 107 Å². The molecule has 2 aromatic rings. The van der Waals surface area contributed by atoms with Gasteiger partial charge in [0.25, 0.3) is 5.91 Å². The number of nitrogens with one attached hydrogen (secondary N) is 1. The second-order valence-corrected chi connectivity index (χ2v) is 4.71. The third-order valence-electron chi connectivity index (χ3n) is 2.18. The van der Waals surface area contributed by atoms with Crippen LogP contribution in [0, 0.1) is 0 Å². The van der Waals surface area contributed by atoms with Crippen molar-refractivity contribution in [3.63, 3.8) is 0 Å². The van der Waals surface area contributed by atoms with Crippen LogP contribution >= 0.6 is 22.9 Å². The third kappa shape index (κ3) is 2.95. The van der Waals surface area contributed by atoms with Crippen molar-refractivity contribution in [2.45, 2.75) is 6.54 Å². The number of nitrogens with two attached hydrogens (primary N) is 1. The molecule has 0 saturated heterocycles. The van der Waals surface area contributed by atoms with Gasteiger partial charge in [0.2, 0.25) is 0 Å². The van der Waals surface area contributed by atoms with Crippen molar-refractivity contribution in [2.24, 2.45) is 0 Å². The maximum absolute atomic E-state index is 11.7. The van der Waals surface area contributed by atoms with Gasteiger partial charge < -0.3 is 11.1 Å². The van der Waals surface area contributed by atoms with Gasteiger partial charge in [-0.3, -0.25) is 4.79 Å². The van der Waals surface area contributed by atoms with Gasteiger partial charge in [0.05, 0.1) is 10.6 Å². The van der Waals surface area contributed by atoms with Crippen LogP contribution in [-0.2, 0) is 6.54 Å². The molecule has 4 nitrogen and oxygen atoms in total. The fraction of sp³-hybridized carbons (Fsp3) is 0.0909. The van der Waals surface area contributed by atoms with Crippen molar-refractivity contribution in [2.75, 3.05) is 5.73 Å². The molecule has 0 radical (unpaired) electrons. The first-order valence-corrected chi connectivity index (χ1v) is 6.14. The first kappa shape index (κ1) is 11.9. The van der Waals surface area contributed by atoms with Gasteiger partial charge in [-0.2, -0.15) is 0 Å². The number of hydrogen-bond donors (Lipinski definition) is 2. The lowest BCUT2D eigenvalue weighted by Gasteiger charge is -2.04. The molecule has 0 unspecified atom stereocenters. The molecule has 17 heavy (non-hydrogen) atoms. The number of nitrogens with zero attached hydrogens (tertiary/aromatic N) is 1. The molecule has 0 aliphatic heterocycles. The normalized spacial score (nSPS) is 10.2. The summed E-state index contributed by atoms with van der Waals surface area (Å²) in [5.74, 6) is -0.182. The first-order valence-electron chi connectivity index (χ1n) is 4.88. The quantitative estimate of drug-likeness (QED) is 0.839. The molecule has 6 heteroatoms. The van der Waals surface area contributed by atoms with Crippen molar-refractivity contribution in [3.8, 4) is 0 Å². The molecule has 2 heterocycles. The Hall–Kier alpha value is -1.59. The van der Waals surface area contributed by atoms with E-state index in [0.717, 1.165) is 5.56 Å². The molecule has 3 N–H and O–H groups in total. The number of aromatic nitrogens is 1. The third-order valence-corrected chi connectivity index (χ3v) is 3.15. The van der Waals surface area contributed by atoms with E-state index in [4.69, 9.17) is 17.3 Å². The molecular weight excluding hydrogens is 258 g/mol. The number of hydrogen-bond acceptors (Lipinski definition) is 4. The van der Waals surface area contributed by atoms with E-state index < -0.39 is 0 Å². The molecule has 0 fully saturated rings. The number of amides is 1. The fourth-order valence-corrected chi connectivity index (χ4v) is 2.05. The van der Waals surface area contributed by atoms with E-state index in [1.807, 2.05) is 6.07 Å². The molecule has 0 bridgehead atoms. The smallest absolute Gasteiger partial charge is 0.254 e. The van der Waals surface area contributed by atoms with Crippen LogP contribution in [0.5, 0.6) is 0 Å². The van der Waals surface area contributed by atoms with E-state index in [2.05, 4.69) is 10.3 Å². The Morgan fingerprint density at radius 1 is 1.47 bits per heavy atom. The van der Waals surface area contributed by atoms with Crippen molar-refractivity contribution in [1.82, 2.24) is 10.3 Å². The average Bonchev–Trinajstić information content (AvgIpc) is 2.74. The standard InChI is InChI=1S/C11H10ClN3OS/c12-9-2-1-7(5-14-9)6-15-11(16)8-3-4-17-10(8)13/h1-5H,6,13H2,(H,15,16). The number of rotatable bonds is 3. The van der Waals surface area contributed by atoms with Crippen LogP contribution in [0.15, 0.2) is 29.8 Å². The fourth-order valence-electron chi connectivity index (χ4n) is 1.30. The number of anilines is 1. The number of carbonyl (C=O) groups is 1. The van der Waals surface area contributed by atoms with Gasteiger partial charge in [0.1, 0.15) is 5.15 Å². The largest absolute Gasteiger partial charge is 0.390 e. The summed E-state index contributed by atoms with van der Waals surface area (Å²) in [6.07, 6.45) is 1.62. The topological polar surface area (TPSA) is 68.0 Å². The molecule has 0 saturated carbocycles. The van der Waals surface area contributed by atoms with Gasteiger partial charge >= 0.3 is 0 Å². The second-order valence-electron chi connectivity index (χ2n) is 3.37. The minimum Gasteiger partial charge on any atom is -0.390 e. The van der Waals surface area contributed by atoms with Crippen molar-refractivity contribution >= 4 is 33.8 Å². The van der Waals surface area contributed by atoms with E-state index >= 15 is 0 Å². The highest BCUT2D eigenvalue weighted by Crippen LogP contribution is 2.18. The molecule has 0 atom stereocenters. The lowest BCUT2D eigenvalue weighted by molar-refractivity contribution is 0.0952. The average molecular weight is 268 g/mol. The Bertz CT molecular complexity index is 524. The number of carbonyl (C=O) groups excluding carboxylic acids is 1. The van der Waals surface area contributed by atoms with Gasteiger partial charge in [-0.25, -0.2) is 4.98 Å². The summed E-state index contributed by atoms with van der Waals surface area (Å²) >= 11 is 7.01. The summed E-state index contributed by atoms with van der Waals surface area (Å²) in [5, 5.41) is 5.51. The van der Waals surface area contributed by atoms with Crippen LogP contribution in [-0.4, -0.2) is 10.9 Å². The zero-order valence-electron chi connectivity index (χ0n) is 8.81. The monoisotopic (exact) mass is 267 g/mol. The van der Waals surface area contributed by atoms with Crippen LogP contribution in [0.3, 0.4) is 0 Å². The van der Waals surface area contributed by atoms with E-state index in [0.29, 0.717) is 22.3 Å². The minimum absolute atomic E-state index is 0.182. The zero-order valence-corrected chi connectivity index (χ0v) is 10.4. The van der Waals surface area contributed by atoms with E-state index in [1.54, 1.807) is 23.7 Å². The predicted molar refractivity (Wildman–Crippen MR) is 69.1 cm³/mol. The summed E-state index contributed by atoms with van der Waals surface area (Å²) < 4.78 is 0. The molecule has 0 aromatic carbocycles. The number of halogens is 1. The van der Waals surface area contributed by atoms with Gasteiger partial charge in [-0.1, -0.05) is 17.7 Å². The first-order chi connectivity index (χ1) is 8.16.